The van der Waals surface area contributed by atoms with E-state index >= 15 is 0 Å². The molecule has 2 atom stereocenters. The Morgan fingerprint density at radius 2 is 1.86 bits per heavy atom. The molecule has 1 aliphatic rings. The van der Waals surface area contributed by atoms with Crippen LogP contribution >= 0.6 is 15.6 Å². The van der Waals surface area contributed by atoms with Crippen molar-refractivity contribution in [1.29, 1.82) is 0 Å². The first kappa shape index (κ1) is 14.2. The van der Waals surface area contributed by atoms with Gasteiger partial charge in [-0.3, -0.25) is 9.05 Å². The molecule has 0 aromatic carbocycles. The predicted molar refractivity (Wildman–Crippen MR) is 43.7 cm³/mol. The monoisotopic (exact) mass is 251 g/mol. The fourth-order valence-electron chi connectivity index (χ4n) is 0.538. The Morgan fingerprint density at radius 3 is 2.07 bits per heavy atom. The summed E-state index contributed by atoms with van der Waals surface area (Å²) in [5.74, 6) is 0. The third kappa shape index (κ3) is 10.3. The summed E-state index contributed by atoms with van der Waals surface area (Å²) in [6.45, 7) is 0.189. The molecule has 0 saturated carbocycles. The maximum absolute atomic E-state index is 10.5. The molecule has 14 heavy (non-hydrogen) atoms. The Morgan fingerprint density at radius 1 is 1.43 bits per heavy atom. The van der Waals surface area contributed by atoms with Crippen LogP contribution in [0.3, 0.4) is 0 Å². The summed E-state index contributed by atoms with van der Waals surface area (Å²) in [6, 6.07) is 0. The smallest absolute Gasteiger partial charge is 0.306 e. The lowest BCUT2D eigenvalue weighted by molar-refractivity contribution is 0.0508. The largest absolute Gasteiger partial charge is 0.473 e. The molecule has 86 valence electrons. The Balaban J connectivity index is 0.000000292. The van der Waals surface area contributed by atoms with E-state index in [1.165, 1.54) is 0 Å². The molecule has 0 amide bonds. The molecule has 0 aromatic rings. The first-order valence-corrected chi connectivity index (χ1v) is 6.36. The topological polar surface area (TPSA) is 160 Å². The van der Waals surface area contributed by atoms with Crippen LogP contribution < -0.4 is 5.73 Å². The van der Waals surface area contributed by atoms with Crippen LogP contribution in [0.1, 0.15) is 6.42 Å². The van der Waals surface area contributed by atoms with Gasteiger partial charge >= 0.3 is 15.6 Å². The standard InChI is InChI=1S/C3H8NO4P.H3O4P/c4-3-1-2-7-9(5,6)8-3;1-5(2,3)4/h3H,1-2,4H2,(H,5,6);(H3,1,2,3,4). The van der Waals surface area contributed by atoms with Crippen molar-refractivity contribution >= 4 is 15.6 Å². The molecule has 0 radical (unpaired) electrons. The van der Waals surface area contributed by atoms with Crippen molar-refractivity contribution < 1.29 is 37.8 Å². The number of hydrogen-bond acceptors (Lipinski definition) is 5. The van der Waals surface area contributed by atoms with Crippen molar-refractivity contribution in [1.82, 2.24) is 0 Å². The van der Waals surface area contributed by atoms with Gasteiger partial charge in [-0.25, -0.2) is 9.13 Å². The van der Waals surface area contributed by atoms with Crippen molar-refractivity contribution in [3.05, 3.63) is 0 Å². The molecule has 0 aliphatic carbocycles. The maximum Gasteiger partial charge on any atom is 0.473 e. The molecule has 2 unspecified atom stereocenters. The molecule has 1 saturated heterocycles. The van der Waals surface area contributed by atoms with Crippen LogP contribution in [0, 0.1) is 0 Å². The van der Waals surface area contributed by atoms with Gasteiger partial charge in [-0.15, -0.1) is 0 Å². The van der Waals surface area contributed by atoms with Crippen LogP contribution in [-0.4, -0.2) is 32.4 Å². The molecule has 6 N–H and O–H groups in total. The first-order chi connectivity index (χ1) is 6.10. The van der Waals surface area contributed by atoms with E-state index in [4.69, 9.17) is 29.9 Å². The number of nitrogens with two attached hydrogens (primary N) is 1. The zero-order chi connectivity index (χ0) is 11.4. The molecule has 9 nitrogen and oxygen atoms in total. The van der Waals surface area contributed by atoms with Gasteiger partial charge in [0.05, 0.1) is 6.61 Å². The number of hydrogen-bond donors (Lipinski definition) is 5. The van der Waals surface area contributed by atoms with Gasteiger partial charge in [-0.05, 0) is 0 Å². The minimum Gasteiger partial charge on any atom is -0.306 e. The Bertz CT molecular complexity index is 253. The van der Waals surface area contributed by atoms with E-state index in [1.54, 1.807) is 0 Å². The average molecular weight is 251 g/mol. The molecule has 1 rings (SSSR count). The highest BCUT2D eigenvalue weighted by Crippen LogP contribution is 2.46. The van der Waals surface area contributed by atoms with E-state index < -0.39 is 21.9 Å². The van der Waals surface area contributed by atoms with E-state index in [0.29, 0.717) is 6.42 Å². The third-order valence-corrected chi connectivity index (χ3v) is 1.97. The average Bonchev–Trinajstić information content (AvgIpc) is 1.78. The van der Waals surface area contributed by atoms with Crippen LogP contribution in [0.2, 0.25) is 0 Å². The summed E-state index contributed by atoms with van der Waals surface area (Å²) in [7, 11) is -8.41. The summed E-state index contributed by atoms with van der Waals surface area (Å²) in [4.78, 5) is 30.1. The van der Waals surface area contributed by atoms with Gasteiger partial charge in [-0.1, -0.05) is 0 Å². The van der Waals surface area contributed by atoms with Crippen LogP contribution in [0.4, 0.5) is 0 Å². The lowest BCUT2D eigenvalue weighted by atomic mass is 10.4. The minimum atomic E-state index is -4.64. The fraction of sp³-hybridized carbons (Fsp3) is 1.00. The third-order valence-electron chi connectivity index (χ3n) is 0.925. The molecule has 11 heteroatoms. The summed E-state index contributed by atoms with van der Waals surface area (Å²) < 4.78 is 28.0. The van der Waals surface area contributed by atoms with Crippen molar-refractivity contribution in [2.24, 2.45) is 5.73 Å². The minimum absolute atomic E-state index is 0.189. The molecule has 0 spiro atoms. The Hall–Kier alpha value is 0.180. The van der Waals surface area contributed by atoms with Gasteiger partial charge < -0.3 is 25.3 Å². The molecule has 1 fully saturated rings. The zero-order valence-electron chi connectivity index (χ0n) is 6.89. The van der Waals surface area contributed by atoms with Gasteiger partial charge in [0, 0.05) is 6.42 Å². The highest BCUT2D eigenvalue weighted by atomic mass is 31.2. The van der Waals surface area contributed by atoms with E-state index in [2.05, 4.69) is 9.05 Å². The lowest BCUT2D eigenvalue weighted by Gasteiger charge is -2.22. The summed E-state index contributed by atoms with van der Waals surface area (Å²) in [5, 5.41) is 0. The number of phosphoric acid groups is 2. The van der Waals surface area contributed by atoms with E-state index in [-0.39, 0.29) is 6.61 Å². The number of rotatable bonds is 0. The van der Waals surface area contributed by atoms with Gasteiger partial charge in [0.1, 0.15) is 6.23 Å². The highest BCUT2D eigenvalue weighted by Gasteiger charge is 2.29. The quantitative estimate of drug-likeness (QED) is 0.336. The van der Waals surface area contributed by atoms with Crippen molar-refractivity contribution in [2.75, 3.05) is 6.61 Å². The second kappa shape index (κ2) is 5.32. The summed E-state index contributed by atoms with van der Waals surface area (Å²) in [5.41, 5.74) is 5.18. The fourth-order valence-corrected chi connectivity index (χ4v) is 1.38. The lowest BCUT2D eigenvalue weighted by Crippen LogP contribution is -2.28. The van der Waals surface area contributed by atoms with Gasteiger partial charge in [0.25, 0.3) is 0 Å². The SMILES string of the molecule is NC1CCOP(=O)(O)O1.O=P(O)(O)O. The van der Waals surface area contributed by atoms with Crippen LogP contribution in [0.25, 0.3) is 0 Å². The summed E-state index contributed by atoms with van der Waals surface area (Å²) in [6.07, 6.45) is -0.195. The van der Waals surface area contributed by atoms with Crippen LogP contribution in [0.15, 0.2) is 0 Å². The Labute approximate surface area is 79.3 Å². The second-order valence-corrected chi connectivity index (χ2v) is 4.68. The van der Waals surface area contributed by atoms with Crippen molar-refractivity contribution in [3.8, 4) is 0 Å². The van der Waals surface area contributed by atoms with Crippen molar-refractivity contribution in [3.63, 3.8) is 0 Å². The Kier molecular flexibility index (Phi) is 5.38. The van der Waals surface area contributed by atoms with E-state index in [1.807, 2.05) is 0 Å². The zero-order valence-corrected chi connectivity index (χ0v) is 8.67. The predicted octanol–water partition coefficient (Wildman–Crippen LogP) is -1.12. The molecule has 1 heterocycles. The summed E-state index contributed by atoms with van der Waals surface area (Å²) >= 11 is 0. The normalized spacial score (nSPS) is 33.1. The van der Waals surface area contributed by atoms with E-state index in [9.17, 15) is 4.57 Å². The van der Waals surface area contributed by atoms with Crippen LogP contribution in [0.5, 0.6) is 0 Å². The number of phosphoric ester groups is 1. The molecule has 0 bridgehead atoms. The van der Waals surface area contributed by atoms with Crippen LogP contribution in [-0.2, 0) is 18.2 Å². The highest BCUT2D eigenvalue weighted by molar-refractivity contribution is 7.47. The van der Waals surface area contributed by atoms with Crippen molar-refractivity contribution in [2.45, 2.75) is 12.6 Å². The molecule has 0 aromatic heterocycles. The van der Waals surface area contributed by atoms with Gasteiger partial charge in [-0.2, -0.15) is 0 Å². The van der Waals surface area contributed by atoms with E-state index in [0.717, 1.165) is 0 Å². The first-order valence-electron chi connectivity index (χ1n) is 3.30. The molecule has 1 aliphatic heterocycles. The van der Waals surface area contributed by atoms with Gasteiger partial charge in [0.15, 0.2) is 0 Å². The van der Waals surface area contributed by atoms with Gasteiger partial charge in [0.2, 0.25) is 0 Å². The molecular formula is C3H11NO8P2. The molecular weight excluding hydrogens is 240 g/mol. The maximum atomic E-state index is 10.5. The second-order valence-electron chi connectivity index (χ2n) is 2.25.